The molecule has 0 radical (unpaired) electrons. The van der Waals surface area contributed by atoms with Gasteiger partial charge in [0.25, 0.3) is 5.69 Å². The van der Waals surface area contributed by atoms with E-state index in [0.29, 0.717) is 24.6 Å². The number of carbonyl (C=O) groups excluding carboxylic acids is 1. The summed E-state index contributed by atoms with van der Waals surface area (Å²) in [6.45, 7) is 3.32. The molecule has 0 saturated carbocycles. The van der Waals surface area contributed by atoms with Gasteiger partial charge in [-0.25, -0.2) is 0 Å². The summed E-state index contributed by atoms with van der Waals surface area (Å²) in [5.74, 6) is 0.372. The second-order valence-electron chi connectivity index (χ2n) is 5.68. The second kappa shape index (κ2) is 6.67. The van der Waals surface area contributed by atoms with Crippen molar-refractivity contribution in [3.63, 3.8) is 0 Å². The standard InChI is InChI=1S/C15H21N3O3/c1-11-5-6-13(9-16)10-17(11)15(19)8-12-3-2-4-14(7-12)18(20)21/h2-4,7,11,13H,5-6,8-10,16H2,1H3. The Balaban J connectivity index is 2.06. The van der Waals surface area contributed by atoms with Crippen LogP contribution in [0.1, 0.15) is 25.3 Å². The first-order valence-electron chi connectivity index (χ1n) is 7.24. The first kappa shape index (κ1) is 15.4. The van der Waals surface area contributed by atoms with Gasteiger partial charge in [-0.3, -0.25) is 14.9 Å². The van der Waals surface area contributed by atoms with Gasteiger partial charge < -0.3 is 10.6 Å². The number of nitrogens with two attached hydrogens (primary N) is 1. The van der Waals surface area contributed by atoms with Crippen molar-refractivity contribution in [1.82, 2.24) is 4.90 Å². The number of benzene rings is 1. The number of nitro benzene ring substituents is 1. The Bertz CT molecular complexity index is 533. The van der Waals surface area contributed by atoms with Gasteiger partial charge in [0.15, 0.2) is 0 Å². The van der Waals surface area contributed by atoms with E-state index in [4.69, 9.17) is 5.73 Å². The lowest BCUT2D eigenvalue weighted by molar-refractivity contribution is -0.384. The van der Waals surface area contributed by atoms with Crippen LogP contribution in [0, 0.1) is 16.0 Å². The van der Waals surface area contributed by atoms with E-state index in [-0.39, 0.29) is 24.1 Å². The number of likely N-dealkylation sites (tertiary alicyclic amines) is 1. The minimum atomic E-state index is -0.443. The molecule has 1 amide bonds. The maximum Gasteiger partial charge on any atom is 0.269 e. The molecule has 1 aliphatic heterocycles. The number of nitro groups is 1. The van der Waals surface area contributed by atoms with Crippen LogP contribution in [0.15, 0.2) is 24.3 Å². The summed E-state index contributed by atoms with van der Waals surface area (Å²) in [4.78, 5) is 24.6. The number of amides is 1. The van der Waals surface area contributed by atoms with Crippen molar-refractivity contribution < 1.29 is 9.72 Å². The smallest absolute Gasteiger partial charge is 0.269 e. The lowest BCUT2D eigenvalue weighted by atomic mass is 9.93. The van der Waals surface area contributed by atoms with Gasteiger partial charge >= 0.3 is 0 Å². The fraction of sp³-hybridized carbons (Fsp3) is 0.533. The predicted molar refractivity (Wildman–Crippen MR) is 79.8 cm³/mol. The van der Waals surface area contributed by atoms with Gasteiger partial charge in [0.1, 0.15) is 0 Å². The molecular weight excluding hydrogens is 270 g/mol. The number of nitrogens with zero attached hydrogens (tertiary/aromatic N) is 2. The SMILES string of the molecule is CC1CCC(CN)CN1C(=O)Cc1cccc([N+](=O)[O-])c1. The highest BCUT2D eigenvalue weighted by Gasteiger charge is 2.28. The van der Waals surface area contributed by atoms with Crippen molar-refractivity contribution in [3.8, 4) is 0 Å². The molecule has 0 aliphatic carbocycles. The molecule has 2 N–H and O–H groups in total. The van der Waals surface area contributed by atoms with E-state index >= 15 is 0 Å². The molecule has 0 aromatic heterocycles. The van der Waals surface area contributed by atoms with Gasteiger partial charge in [0.2, 0.25) is 5.91 Å². The molecule has 6 nitrogen and oxygen atoms in total. The zero-order valence-electron chi connectivity index (χ0n) is 12.2. The highest BCUT2D eigenvalue weighted by Crippen LogP contribution is 2.22. The third-order valence-corrected chi connectivity index (χ3v) is 4.11. The molecule has 21 heavy (non-hydrogen) atoms. The van der Waals surface area contributed by atoms with Crippen LogP contribution in [0.2, 0.25) is 0 Å². The Labute approximate surface area is 124 Å². The average molecular weight is 291 g/mol. The summed E-state index contributed by atoms with van der Waals surface area (Å²) < 4.78 is 0. The number of non-ortho nitro benzene ring substituents is 1. The van der Waals surface area contributed by atoms with E-state index < -0.39 is 4.92 Å². The summed E-state index contributed by atoms with van der Waals surface area (Å²) in [5, 5.41) is 10.8. The molecule has 1 heterocycles. The Morgan fingerprint density at radius 3 is 2.90 bits per heavy atom. The first-order chi connectivity index (χ1) is 10.0. The molecule has 1 aromatic rings. The van der Waals surface area contributed by atoms with Crippen LogP contribution >= 0.6 is 0 Å². The van der Waals surface area contributed by atoms with Gasteiger partial charge in [0.05, 0.1) is 11.3 Å². The normalized spacial score (nSPS) is 22.1. The lowest BCUT2D eigenvalue weighted by Crippen LogP contribution is -2.47. The molecule has 0 spiro atoms. The third kappa shape index (κ3) is 3.78. The van der Waals surface area contributed by atoms with Crippen LogP contribution in [0.25, 0.3) is 0 Å². The van der Waals surface area contributed by atoms with Gasteiger partial charge in [-0.05, 0) is 37.8 Å². The average Bonchev–Trinajstić information content (AvgIpc) is 2.48. The quantitative estimate of drug-likeness (QED) is 0.675. The van der Waals surface area contributed by atoms with Gasteiger partial charge in [-0.1, -0.05) is 12.1 Å². The molecular formula is C15H21N3O3. The van der Waals surface area contributed by atoms with E-state index in [9.17, 15) is 14.9 Å². The number of hydrogen-bond acceptors (Lipinski definition) is 4. The van der Waals surface area contributed by atoms with Gasteiger partial charge in [0, 0.05) is 24.7 Å². The first-order valence-corrected chi connectivity index (χ1v) is 7.24. The summed E-state index contributed by atoms with van der Waals surface area (Å²) in [6, 6.07) is 6.47. The minimum absolute atomic E-state index is 0.0150. The van der Waals surface area contributed by atoms with Gasteiger partial charge in [-0.2, -0.15) is 0 Å². The van der Waals surface area contributed by atoms with E-state index in [1.807, 2.05) is 11.8 Å². The van der Waals surface area contributed by atoms with E-state index in [1.54, 1.807) is 12.1 Å². The molecule has 6 heteroatoms. The Hall–Kier alpha value is -1.95. The van der Waals surface area contributed by atoms with Crippen molar-refractivity contribution in [3.05, 3.63) is 39.9 Å². The summed E-state index contributed by atoms with van der Waals surface area (Å²) in [6.07, 6.45) is 2.21. The van der Waals surface area contributed by atoms with Crippen molar-refractivity contribution in [2.75, 3.05) is 13.1 Å². The molecule has 1 aromatic carbocycles. The molecule has 0 bridgehead atoms. The monoisotopic (exact) mass is 291 g/mol. The molecule has 2 atom stereocenters. The number of rotatable bonds is 4. The van der Waals surface area contributed by atoms with Crippen molar-refractivity contribution in [1.29, 1.82) is 0 Å². The fourth-order valence-electron chi connectivity index (χ4n) is 2.78. The van der Waals surface area contributed by atoms with Crippen LogP contribution in [0.5, 0.6) is 0 Å². The van der Waals surface area contributed by atoms with E-state index in [0.717, 1.165) is 12.8 Å². The number of carbonyl (C=O) groups is 1. The van der Waals surface area contributed by atoms with Crippen molar-refractivity contribution in [2.45, 2.75) is 32.2 Å². The summed E-state index contributed by atoms with van der Waals surface area (Å²) in [7, 11) is 0. The fourth-order valence-corrected chi connectivity index (χ4v) is 2.78. The molecule has 1 fully saturated rings. The maximum atomic E-state index is 12.4. The number of hydrogen-bond donors (Lipinski definition) is 1. The van der Waals surface area contributed by atoms with E-state index in [2.05, 4.69) is 0 Å². The van der Waals surface area contributed by atoms with Crippen molar-refractivity contribution >= 4 is 11.6 Å². The molecule has 2 unspecified atom stereocenters. The zero-order chi connectivity index (χ0) is 15.4. The summed E-state index contributed by atoms with van der Waals surface area (Å²) >= 11 is 0. The highest BCUT2D eigenvalue weighted by atomic mass is 16.6. The van der Waals surface area contributed by atoms with E-state index in [1.165, 1.54) is 12.1 Å². The van der Waals surface area contributed by atoms with Crippen LogP contribution in [-0.4, -0.2) is 34.9 Å². The Kier molecular flexibility index (Phi) is 4.90. The predicted octanol–water partition coefficient (Wildman–Crippen LogP) is 1.72. The minimum Gasteiger partial charge on any atom is -0.339 e. The molecule has 1 saturated heterocycles. The third-order valence-electron chi connectivity index (χ3n) is 4.11. The maximum absolute atomic E-state index is 12.4. The van der Waals surface area contributed by atoms with Crippen LogP contribution in [0.3, 0.4) is 0 Å². The molecule has 114 valence electrons. The number of piperidine rings is 1. The molecule has 1 aliphatic rings. The highest BCUT2D eigenvalue weighted by molar-refractivity contribution is 5.79. The summed E-state index contributed by atoms with van der Waals surface area (Å²) in [5.41, 5.74) is 6.40. The topological polar surface area (TPSA) is 89.5 Å². The largest absolute Gasteiger partial charge is 0.339 e. The van der Waals surface area contributed by atoms with Crippen LogP contribution in [-0.2, 0) is 11.2 Å². The zero-order valence-corrected chi connectivity index (χ0v) is 12.2. The van der Waals surface area contributed by atoms with Crippen LogP contribution < -0.4 is 5.73 Å². The molecule has 2 rings (SSSR count). The van der Waals surface area contributed by atoms with Crippen molar-refractivity contribution in [2.24, 2.45) is 11.7 Å². The Morgan fingerprint density at radius 1 is 1.48 bits per heavy atom. The second-order valence-corrected chi connectivity index (χ2v) is 5.68. The van der Waals surface area contributed by atoms with Gasteiger partial charge in [-0.15, -0.1) is 0 Å². The lowest BCUT2D eigenvalue weighted by Gasteiger charge is -2.37. The Morgan fingerprint density at radius 2 is 2.24 bits per heavy atom. The van der Waals surface area contributed by atoms with Crippen LogP contribution in [0.4, 0.5) is 5.69 Å².